The Balaban J connectivity index is 3.30. The standard InChI is InChI=1S/C7H4BrClF3N/c8-2-4-6(7(11)12)3(10)1-5(9)13-4/h1,7H,2H2. The van der Waals surface area contributed by atoms with Gasteiger partial charge in [-0.15, -0.1) is 0 Å². The molecule has 0 atom stereocenters. The summed E-state index contributed by atoms with van der Waals surface area (Å²) in [6.45, 7) is 0. The number of pyridine rings is 1. The Hall–Kier alpha value is -0.290. The zero-order valence-electron chi connectivity index (χ0n) is 6.20. The molecule has 1 aromatic heterocycles. The third-order valence-corrected chi connectivity index (χ3v) is 2.13. The molecule has 0 aliphatic carbocycles. The van der Waals surface area contributed by atoms with Gasteiger partial charge < -0.3 is 0 Å². The van der Waals surface area contributed by atoms with Gasteiger partial charge in [-0.2, -0.15) is 0 Å². The van der Waals surface area contributed by atoms with Crippen LogP contribution in [0, 0.1) is 5.82 Å². The van der Waals surface area contributed by atoms with E-state index >= 15 is 0 Å². The van der Waals surface area contributed by atoms with Crippen LogP contribution in [-0.4, -0.2) is 4.98 Å². The van der Waals surface area contributed by atoms with Crippen LogP contribution < -0.4 is 0 Å². The molecule has 1 aromatic rings. The molecule has 6 heteroatoms. The van der Waals surface area contributed by atoms with Crippen LogP contribution in [0.2, 0.25) is 5.15 Å². The van der Waals surface area contributed by atoms with Crippen molar-refractivity contribution in [2.24, 2.45) is 0 Å². The van der Waals surface area contributed by atoms with E-state index < -0.39 is 17.8 Å². The summed E-state index contributed by atoms with van der Waals surface area (Å²) in [6.07, 6.45) is -2.88. The lowest BCUT2D eigenvalue weighted by Crippen LogP contribution is -2.00. The molecule has 0 saturated carbocycles. The average Bonchev–Trinajstić information content (AvgIpc) is 2.01. The predicted molar refractivity (Wildman–Crippen MR) is 46.8 cm³/mol. The molecule has 0 amide bonds. The first-order chi connectivity index (χ1) is 6.06. The monoisotopic (exact) mass is 273 g/mol. The van der Waals surface area contributed by atoms with Crippen LogP contribution in [0.1, 0.15) is 17.7 Å². The van der Waals surface area contributed by atoms with Gasteiger partial charge in [0, 0.05) is 11.4 Å². The SMILES string of the molecule is Fc1cc(Cl)nc(CBr)c1C(F)F. The summed E-state index contributed by atoms with van der Waals surface area (Å²) in [4.78, 5) is 3.57. The molecular formula is C7H4BrClF3N. The molecule has 1 rings (SSSR count). The third-order valence-electron chi connectivity index (χ3n) is 1.40. The van der Waals surface area contributed by atoms with Crippen LogP contribution in [0.4, 0.5) is 13.2 Å². The number of hydrogen-bond acceptors (Lipinski definition) is 1. The van der Waals surface area contributed by atoms with Crippen LogP contribution in [0.15, 0.2) is 6.07 Å². The summed E-state index contributed by atoms with van der Waals surface area (Å²) in [5.41, 5.74) is -0.763. The number of aromatic nitrogens is 1. The molecular weight excluding hydrogens is 270 g/mol. The summed E-state index contributed by atoms with van der Waals surface area (Å²) < 4.78 is 37.4. The van der Waals surface area contributed by atoms with E-state index in [1.807, 2.05) is 0 Å². The van der Waals surface area contributed by atoms with E-state index in [1.165, 1.54) is 0 Å². The summed E-state index contributed by atoms with van der Waals surface area (Å²) >= 11 is 8.31. The zero-order valence-corrected chi connectivity index (χ0v) is 8.54. The Bertz CT molecular complexity index is 319. The first-order valence-corrected chi connectivity index (χ1v) is 4.75. The maximum Gasteiger partial charge on any atom is 0.268 e. The highest BCUT2D eigenvalue weighted by Gasteiger charge is 2.19. The summed E-state index contributed by atoms with van der Waals surface area (Å²) in [6, 6.07) is 0.773. The second-order valence-corrected chi connectivity index (χ2v) is 3.17. The van der Waals surface area contributed by atoms with Crippen molar-refractivity contribution in [3.63, 3.8) is 0 Å². The van der Waals surface area contributed by atoms with Gasteiger partial charge in [0.15, 0.2) is 0 Å². The largest absolute Gasteiger partial charge is 0.268 e. The molecule has 0 N–H and O–H groups in total. The Kier molecular flexibility index (Phi) is 3.55. The Labute approximate surface area is 86.0 Å². The quantitative estimate of drug-likeness (QED) is 0.592. The number of rotatable bonds is 2. The van der Waals surface area contributed by atoms with Crippen molar-refractivity contribution in [1.82, 2.24) is 4.98 Å². The van der Waals surface area contributed by atoms with E-state index in [2.05, 4.69) is 20.9 Å². The molecule has 0 saturated heterocycles. The molecule has 0 bridgehead atoms. The lowest BCUT2D eigenvalue weighted by Gasteiger charge is -2.06. The number of nitrogens with zero attached hydrogens (tertiary/aromatic N) is 1. The van der Waals surface area contributed by atoms with E-state index in [0.29, 0.717) is 0 Å². The molecule has 0 aliphatic heterocycles. The summed E-state index contributed by atoms with van der Waals surface area (Å²) in [7, 11) is 0. The summed E-state index contributed by atoms with van der Waals surface area (Å²) in [5, 5.41) is -0.0826. The fourth-order valence-electron chi connectivity index (χ4n) is 0.874. The lowest BCUT2D eigenvalue weighted by molar-refractivity contribution is 0.145. The molecule has 0 spiro atoms. The van der Waals surface area contributed by atoms with E-state index in [4.69, 9.17) is 11.6 Å². The van der Waals surface area contributed by atoms with Crippen LogP contribution in [0.3, 0.4) is 0 Å². The number of hydrogen-bond donors (Lipinski definition) is 0. The highest BCUT2D eigenvalue weighted by molar-refractivity contribution is 9.08. The lowest BCUT2D eigenvalue weighted by atomic mass is 10.2. The average molecular weight is 274 g/mol. The van der Waals surface area contributed by atoms with Gasteiger partial charge in [0.2, 0.25) is 0 Å². The van der Waals surface area contributed by atoms with Crippen molar-refractivity contribution in [2.45, 2.75) is 11.8 Å². The predicted octanol–water partition coefficient (Wildman–Crippen LogP) is 3.71. The molecule has 0 fully saturated rings. The van der Waals surface area contributed by atoms with Gasteiger partial charge in [-0.3, -0.25) is 0 Å². The fourth-order valence-corrected chi connectivity index (χ4v) is 1.50. The number of alkyl halides is 3. The minimum absolute atomic E-state index is 0.0458. The number of halogens is 5. The van der Waals surface area contributed by atoms with E-state index in [9.17, 15) is 13.2 Å². The fraction of sp³-hybridized carbons (Fsp3) is 0.286. The van der Waals surface area contributed by atoms with Gasteiger partial charge in [0.05, 0.1) is 11.3 Å². The molecule has 0 radical (unpaired) electrons. The van der Waals surface area contributed by atoms with Gasteiger partial charge in [-0.1, -0.05) is 27.5 Å². The zero-order chi connectivity index (χ0) is 10.0. The van der Waals surface area contributed by atoms with Crippen molar-refractivity contribution in [1.29, 1.82) is 0 Å². The van der Waals surface area contributed by atoms with Gasteiger partial charge in [0.25, 0.3) is 6.43 Å². The van der Waals surface area contributed by atoms with Crippen LogP contribution in [0.5, 0.6) is 0 Å². The second-order valence-electron chi connectivity index (χ2n) is 2.22. The topological polar surface area (TPSA) is 12.9 Å². The van der Waals surface area contributed by atoms with Crippen LogP contribution in [-0.2, 0) is 5.33 Å². The van der Waals surface area contributed by atoms with E-state index in [1.54, 1.807) is 0 Å². The maximum atomic E-state index is 12.9. The first kappa shape index (κ1) is 10.8. The first-order valence-electron chi connectivity index (χ1n) is 3.25. The molecule has 13 heavy (non-hydrogen) atoms. The minimum Gasteiger partial charge on any atom is -0.240 e. The molecule has 0 aromatic carbocycles. The highest BCUT2D eigenvalue weighted by atomic mass is 79.9. The van der Waals surface area contributed by atoms with Gasteiger partial charge in [-0.05, 0) is 0 Å². The van der Waals surface area contributed by atoms with Gasteiger partial charge >= 0.3 is 0 Å². The molecule has 1 heterocycles. The van der Waals surface area contributed by atoms with Crippen molar-refractivity contribution in [2.75, 3.05) is 0 Å². The third kappa shape index (κ3) is 2.34. The van der Waals surface area contributed by atoms with Crippen molar-refractivity contribution < 1.29 is 13.2 Å². The molecule has 72 valence electrons. The normalized spacial score (nSPS) is 10.9. The van der Waals surface area contributed by atoms with Crippen molar-refractivity contribution >= 4 is 27.5 Å². The Morgan fingerprint density at radius 3 is 2.62 bits per heavy atom. The smallest absolute Gasteiger partial charge is 0.240 e. The van der Waals surface area contributed by atoms with Gasteiger partial charge in [0.1, 0.15) is 11.0 Å². The van der Waals surface area contributed by atoms with Crippen LogP contribution >= 0.6 is 27.5 Å². The molecule has 0 unspecified atom stereocenters. The molecule has 0 aliphatic rings. The van der Waals surface area contributed by atoms with Gasteiger partial charge in [-0.25, -0.2) is 18.2 Å². The maximum absolute atomic E-state index is 12.9. The van der Waals surface area contributed by atoms with Crippen molar-refractivity contribution in [3.8, 4) is 0 Å². The summed E-state index contributed by atoms with van der Waals surface area (Å²) in [5.74, 6) is -1.02. The minimum atomic E-state index is -2.88. The second kappa shape index (κ2) is 4.28. The van der Waals surface area contributed by atoms with Crippen molar-refractivity contribution in [3.05, 3.63) is 28.3 Å². The molecule has 1 nitrogen and oxygen atoms in total. The van der Waals surface area contributed by atoms with E-state index in [-0.39, 0.29) is 16.2 Å². The highest BCUT2D eigenvalue weighted by Crippen LogP contribution is 2.27. The Morgan fingerprint density at radius 2 is 2.15 bits per heavy atom. The van der Waals surface area contributed by atoms with E-state index in [0.717, 1.165) is 6.07 Å². The van der Waals surface area contributed by atoms with Crippen LogP contribution in [0.25, 0.3) is 0 Å². The Morgan fingerprint density at radius 1 is 1.54 bits per heavy atom.